The lowest BCUT2D eigenvalue weighted by molar-refractivity contribution is 0.0981. The van der Waals surface area contributed by atoms with Crippen LogP contribution >= 0.6 is 0 Å². The lowest BCUT2D eigenvalue weighted by Gasteiger charge is -2.10. The number of Topliss-reactive ketones (excluding diaryl/α,β-unsaturated/α-hetero) is 1. The maximum absolute atomic E-state index is 13.1. The van der Waals surface area contributed by atoms with Crippen LogP contribution < -0.4 is 10.5 Å². The summed E-state index contributed by atoms with van der Waals surface area (Å²) < 4.78 is 18.6. The van der Waals surface area contributed by atoms with Crippen molar-refractivity contribution >= 4 is 11.5 Å². The number of nitrogen functional groups attached to an aromatic ring is 1. The summed E-state index contributed by atoms with van der Waals surface area (Å²) in [5.74, 6) is 0.262. The van der Waals surface area contributed by atoms with Gasteiger partial charge in [0.05, 0.1) is 5.69 Å². The zero-order chi connectivity index (χ0) is 15.2. The van der Waals surface area contributed by atoms with Gasteiger partial charge in [0.2, 0.25) is 0 Å². The van der Waals surface area contributed by atoms with Gasteiger partial charge >= 0.3 is 0 Å². The van der Waals surface area contributed by atoms with E-state index in [4.69, 9.17) is 10.5 Å². The van der Waals surface area contributed by atoms with Crippen molar-refractivity contribution in [3.05, 3.63) is 59.4 Å². The molecule has 2 aromatic rings. The van der Waals surface area contributed by atoms with Gasteiger partial charge in [-0.3, -0.25) is 4.79 Å². The summed E-state index contributed by atoms with van der Waals surface area (Å²) in [6.45, 7) is 2.18. The van der Waals surface area contributed by atoms with Crippen molar-refractivity contribution in [3.8, 4) is 5.75 Å². The van der Waals surface area contributed by atoms with E-state index in [0.717, 1.165) is 12.0 Å². The van der Waals surface area contributed by atoms with Crippen molar-refractivity contribution in [1.29, 1.82) is 0 Å². The molecule has 2 aromatic carbocycles. The molecule has 0 amide bonds. The Labute approximate surface area is 123 Å². The number of ketones is 1. The van der Waals surface area contributed by atoms with Crippen LogP contribution in [0.25, 0.3) is 0 Å². The molecule has 4 heteroatoms. The number of carbonyl (C=O) groups excluding carboxylic acids is 1. The van der Waals surface area contributed by atoms with Crippen molar-refractivity contribution in [2.24, 2.45) is 0 Å². The number of hydrogen-bond acceptors (Lipinski definition) is 3. The minimum absolute atomic E-state index is 0.0703. The van der Waals surface area contributed by atoms with Crippen LogP contribution in [0.3, 0.4) is 0 Å². The highest BCUT2D eigenvalue weighted by molar-refractivity contribution is 5.97. The number of benzene rings is 2. The Morgan fingerprint density at radius 3 is 2.71 bits per heavy atom. The summed E-state index contributed by atoms with van der Waals surface area (Å²) in [5, 5.41) is 0. The van der Waals surface area contributed by atoms with E-state index in [1.807, 2.05) is 6.92 Å². The second kappa shape index (κ2) is 6.88. The second-order valence-electron chi connectivity index (χ2n) is 4.84. The number of rotatable bonds is 6. The van der Waals surface area contributed by atoms with Crippen molar-refractivity contribution in [2.45, 2.75) is 26.4 Å². The molecule has 0 unspecified atom stereocenters. The number of ether oxygens (including phenoxy) is 1. The average Bonchev–Trinajstić information content (AvgIpc) is 2.46. The maximum atomic E-state index is 13.1. The highest BCUT2D eigenvalue weighted by atomic mass is 19.1. The van der Waals surface area contributed by atoms with E-state index in [1.165, 1.54) is 12.1 Å². The van der Waals surface area contributed by atoms with Crippen molar-refractivity contribution in [1.82, 2.24) is 0 Å². The number of nitrogens with two attached hydrogens (primary N) is 1. The summed E-state index contributed by atoms with van der Waals surface area (Å²) in [4.78, 5) is 11.8. The highest BCUT2D eigenvalue weighted by Crippen LogP contribution is 2.24. The van der Waals surface area contributed by atoms with E-state index in [-0.39, 0.29) is 18.2 Å². The van der Waals surface area contributed by atoms with E-state index >= 15 is 0 Å². The molecule has 0 atom stereocenters. The number of anilines is 1. The Balaban J connectivity index is 2.06. The normalized spacial score (nSPS) is 10.4. The third-order valence-electron chi connectivity index (χ3n) is 3.09. The van der Waals surface area contributed by atoms with Crippen LogP contribution in [0.1, 0.15) is 35.7 Å². The molecule has 0 aliphatic carbocycles. The Morgan fingerprint density at radius 2 is 2.05 bits per heavy atom. The predicted octanol–water partition coefficient (Wildman–Crippen LogP) is 3.97. The SMILES string of the molecule is CCCC(=O)c1ccc(OCc2cccc(F)c2)c(N)c1. The quantitative estimate of drug-likeness (QED) is 0.646. The van der Waals surface area contributed by atoms with Crippen LogP contribution in [0.2, 0.25) is 0 Å². The van der Waals surface area contributed by atoms with Crippen molar-refractivity contribution in [2.75, 3.05) is 5.73 Å². The Morgan fingerprint density at radius 1 is 1.24 bits per heavy atom. The monoisotopic (exact) mass is 287 g/mol. The first kappa shape index (κ1) is 15.0. The van der Waals surface area contributed by atoms with Crippen molar-refractivity contribution < 1.29 is 13.9 Å². The van der Waals surface area contributed by atoms with E-state index < -0.39 is 0 Å². The predicted molar refractivity (Wildman–Crippen MR) is 80.8 cm³/mol. The molecule has 0 bridgehead atoms. The van der Waals surface area contributed by atoms with Crippen LogP contribution in [0.5, 0.6) is 5.75 Å². The Hall–Kier alpha value is -2.36. The highest BCUT2D eigenvalue weighted by Gasteiger charge is 2.08. The lowest BCUT2D eigenvalue weighted by Crippen LogP contribution is -2.03. The van der Waals surface area contributed by atoms with Crippen LogP contribution in [0.4, 0.5) is 10.1 Å². The first-order chi connectivity index (χ1) is 10.1. The second-order valence-corrected chi connectivity index (χ2v) is 4.84. The summed E-state index contributed by atoms with van der Waals surface area (Å²) >= 11 is 0. The van der Waals surface area contributed by atoms with Gasteiger partial charge in [-0.2, -0.15) is 0 Å². The summed E-state index contributed by atoms with van der Waals surface area (Å²) in [5.41, 5.74) is 7.62. The zero-order valence-corrected chi connectivity index (χ0v) is 11.9. The minimum atomic E-state index is -0.301. The average molecular weight is 287 g/mol. The molecule has 0 aromatic heterocycles. The van der Waals surface area contributed by atoms with E-state index in [1.54, 1.807) is 30.3 Å². The van der Waals surface area contributed by atoms with E-state index in [0.29, 0.717) is 23.4 Å². The summed E-state index contributed by atoms with van der Waals surface area (Å²) in [7, 11) is 0. The van der Waals surface area contributed by atoms with Crippen LogP contribution in [0.15, 0.2) is 42.5 Å². The third-order valence-corrected chi connectivity index (χ3v) is 3.09. The standard InChI is InChI=1S/C17H18FNO2/c1-2-4-16(20)13-7-8-17(15(19)10-13)21-11-12-5-3-6-14(18)9-12/h3,5-10H,2,4,11,19H2,1H3. The first-order valence-electron chi connectivity index (χ1n) is 6.90. The van der Waals surface area contributed by atoms with Crippen molar-refractivity contribution in [3.63, 3.8) is 0 Å². The Bertz CT molecular complexity index is 640. The maximum Gasteiger partial charge on any atom is 0.162 e. The molecule has 2 N–H and O–H groups in total. The fourth-order valence-corrected chi connectivity index (χ4v) is 2.01. The van der Waals surface area contributed by atoms with Gasteiger partial charge in [0.25, 0.3) is 0 Å². The molecular formula is C17H18FNO2. The van der Waals surface area contributed by atoms with E-state index in [2.05, 4.69) is 0 Å². The molecule has 0 radical (unpaired) electrons. The molecule has 0 heterocycles. The number of carbonyl (C=O) groups is 1. The molecule has 0 aliphatic heterocycles. The minimum Gasteiger partial charge on any atom is -0.487 e. The molecule has 0 fully saturated rings. The molecule has 0 saturated carbocycles. The molecule has 0 aliphatic rings. The molecule has 0 spiro atoms. The van der Waals surface area contributed by atoms with Gasteiger partial charge in [0.1, 0.15) is 18.2 Å². The molecule has 0 saturated heterocycles. The van der Waals surface area contributed by atoms with Crippen LogP contribution in [0, 0.1) is 5.82 Å². The summed E-state index contributed by atoms with van der Waals surface area (Å²) in [6.07, 6.45) is 1.31. The third kappa shape index (κ3) is 4.05. The van der Waals surface area contributed by atoms with Gasteiger partial charge < -0.3 is 10.5 Å². The van der Waals surface area contributed by atoms with Gasteiger partial charge in [0.15, 0.2) is 5.78 Å². The molecule has 110 valence electrons. The lowest BCUT2D eigenvalue weighted by atomic mass is 10.1. The molecule has 3 nitrogen and oxygen atoms in total. The number of hydrogen-bond donors (Lipinski definition) is 1. The van der Waals surface area contributed by atoms with Crippen LogP contribution in [-0.2, 0) is 6.61 Å². The fraction of sp³-hybridized carbons (Fsp3) is 0.235. The largest absolute Gasteiger partial charge is 0.487 e. The van der Waals surface area contributed by atoms with Gasteiger partial charge in [-0.1, -0.05) is 19.1 Å². The number of halogens is 1. The van der Waals surface area contributed by atoms with Crippen LogP contribution in [-0.4, -0.2) is 5.78 Å². The zero-order valence-electron chi connectivity index (χ0n) is 11.9. The molecule has 2 rings (SSSR count). The molecular weight excluding hydrogens is 269 g/mol. The summed E-state index contributed by atoms with van der Waals surface area (Å²) in [6, 6.07) is 11.2. The topological polar surface area (TPSA) is 52.3 Å². The van der Waals surface area contributed by atoms with Gasteiger partial charge in [-0.05, 0) is 42.3 Å². The van der Waals surface area contributed by atoms with Gasteiger partial charge in [-0.25, -0.2) is 4.39 Å². The van der Waals surface area contributed by atoms with E-state index in [9.17, 15) is 9.18 Å². The first-order valence-corrected chi connectivity index (χ1v) is 6.90. The van der Waals surface area contributed by atoms with Gasteiger partial charge in [-0.15, -0.1) is 0 Å². The fourth-order valence-electron chi connectivity index (χ4n) is 2.01. The smallest absolute Gasteiger partial charge is 0.162 e. The Kier molecular flexibility index (Phi) is 4.93. The molecule has 21 heavy (non-hydrogen) atoms. The van der Waals surface area contributed by atoms with Gasteiger partial charge in [0, 0.05) is 12.0 Å².